The van der Waals surface area contributed by atoms with Gasteiger partial charge in [0.2, 0.25) is 5.91 Å². The highest BCUT2D eigenvalue weighted by Gasteiger charge is 2.46. The van der Waals surface area contributed by atoms with E-state index in [-0.39, 0.29) is 29.1 Å². The maximum atomic E-state index is 12.6. The number of phenolic OH excluding ortho intramolecular Hbond substituents is 1. The molecule has 0 spiro atoms. The van der Waals surface area contributed by atoms with Gasteiger partial charge in [-0.15, -0.1) is 0 Å². The van der Waals surface area contributed by atoms with Crippen LogP contribution in [0, 0.1) is 0 Å². The van der Waals surface area contributed by atoms with Gasteiger partial charge < -0.3 is 9.84 Å². The molecule has 2 aliphatic rings. The summed E-state index contributed by atoms with van der Waals surface area (Å²) in [7, 11) is 0. The number of nitrogens with zero attached hydrogens (tertiary/aromatic N) is 2. The second kappa shape index (κ2) is 6.32. The van der Waals surface area contributed by atoms with Crippen LogP contribution in [0.15, 0.2) is 40.5 Å². The Labute approximate surface area is 144 Å². The number of carbonyl (C=O) groups is 2. The smallest absolute Gasteiger partial charge is 0.338 e. The molecule has 7 heteroatoms. The number of amidine groups is 1. The monoisotopic (exact) mass is 346 g/mol. The first-order valence-electron chi connectivity index (χ1n) is 7.69. The number of hydrogen-bond donors (Lipinski definition) is 1. The van der Waals surface area contributed by atoms with E-state index >= 15 is 0 Å². The molecular weight excluding hydrogens is 328 g/mol. The molecule has 0 aromatic heterocycles. The Bertz CT molecular complexity index is 772. The van der Waals surface area contributed by atoms with Crippen LogP contribution >= 0.6 is 11.8 Å². The summed E-state index contributed by atoms with van der Waals surface area (Å²) in [5.74, 6) is -0.639. The minimum absolute atomic E-state index is 0.0238. The lowest BCUT2D eigenvalue weighted by atomic mass is 9.93. The highest BCUT2D eigenvalue weighted by Crippen LogP contribution is 2.45. The minimum Gasteiger partial charge on any atom is -0.508 e. The summed E-state index contributed by atoms with van der Waals surface area (Å²) in [4.78, 5) is 31.0. The number of amides is 1. The molecule has 1 aromatic carbocycles. The van der Waals surface area contributed by atoms with E-state index in [0.29, 0.717) is 16.4 Å². The van der Waals surface area contributed by atoms with Crippen molar-refractivity contribution in [3.63, 3.8) is 0 Å². The fourth-order valence-electron chi connectivity index (χ4n) is 2.89. The molecule has 1 amide bonds. The first-order chi connectivity index (χ1) is 11.5. The average Bonchev–Trinajstić information content (AvgIpc) is 2.81. The Hall–Kier alpha value is -2.28. The molecule has 2 aliphatic heterocycles. The summed E-state index contributed by atoms with van der Waals surface area (Å²) >= 11 is 1.35. The lowest BCUT2D eigenvalue weighted by Crippen LogP contribution is -2.40. The Morgan fingerprint density at radius 2 is 2.12 bits per heavy atom. The lowest BCUT2D eigenvalue weighted by Gasteiger charge is -2.33. The third-order valence-corrected chi connectivity index (χ3v) is 5.04. The largest absolute Gasteiger partial charge is 0.508 e. The summed E-state index contributed by atoms with van der Waals surface area (Å²) in [6.07, 6.45) is 0. The number of rotatable bonds is 3. The maximum Gasteiger partial charge on any atom is 0.338 e. The zero-order valence-electron chi connectivity index (χ0n) is 13.6. The summed E-state index contributed by atoms with van der Waals surface area (Å²) in [6, 6.07) is 5.96. The van der Waals surface area contributed by atoms with Gasteiger partial charge in [-0.3, -0.25) is 9.69 Å². The molecular formula is C17H18N2O4S. The van der Waals surface area contributed by atoms with Crippen molar-refractivity contribution >= 4 is 28.8 Å². The van der Waals surface area contributed by atoms with Crippen molar-refractivity contribution in [2.45, 2.75) is 32.1 Å². The third-order valence-electron chi connectivity index (χ3n) is 3.98. The zero-order valence-corrected chi connectivity index (χ0v) is 14.5. The number of thioether (sulfide) groups is 1. The van der Waals surface area contributed by atoms with E-state index in [1.54, 1.807) is 39.0 Å². The van der Waals surface area contributed by atoms with Gasteiger partial charge in [0.25, 0.3) is 0 Å². The van der Waals surface area contributed by atoms with E-state index in [4.69, 9.17) is 4.74 Å². The normalized spacial score (nSPS) is 23.2. The summed E-state index contributed by atoms with van der Waals surface area (Å²) < 4.78 is 5.16. The quantitative estimate of drug-likeness (QED) is 0.851. The topological polar surface area (TPSA) is 79.2 Å². The Morgan fingerprint density at radius 3 is 2.79 bits per heavy atom. The number of aromatic hydroxyl groups is 1. The summed E-state index contributed by atoms with van der Waals surface area (Å²) in [5, 5.41) is 10.6. The van der Waals surface area contributed by atoms with E-state index in [0.717, 1.165) is 0 Å². The molecule has 0 saturated carbocycles. The molecule has 1 fully saturated rings. The van der Waals surface area contributed by atoms with Crippen molar-refractivity contribution < 1.29 is 19.4 Å². The molecule has 1 saturated heterocycles. The zero-order chi connectivity index (χ0) is 17.4. The van der Waals surface area contributed by atoms with Crippen molar-refractivity contribution in [3.05, 3.63) is 41.1 Å². The van der Waals surface area contributed by atoms with Crippen LogP contribution in [0.2, 0.25) is 0 Å². The van der Waals surface area contributed by atoms with Gasteiger partial charge in [-0.1, -0.05) is 30.0 Å². The van der Waals surface area contributed by atoms with Gasteiger partial charge in [-0.05, 0) is 26.8 Å². The Balaban J connectivity index is 2.18. The Kier molecular flexibility index (Phi) is 4.36. The Morgan fingerprint density at radius 1 is 1.42 bits per heavy atom. The summed E-state index contributed by atoms with van der Waals surface area (Å²) in [5.41, 5.74) is 1.27. The molecule has 0 radical (unpaired) electrons. The van der Waals surface area contributed by atoms with Crippen molar-refractivity contribution in [2.24, 2.45) is 4.99 Å². The first-order valence-corrected chi connectivity index (χ1v) is 8.57. The molecule has 3 rings (SSSR count). The first kappa shape index (κ1) is 16.6. The molecule has 1 aromatic rings. The van der Waals surface area contributed by atoms with Crippen LogP contribution < -0.4 is 0 Å². The number of aliphatic imine (C=N–C) groups is 1. The number of hydrogen-bond acceptors (Lipinski definition) is 6. The van der Waals surface area contributed by atoms with E-state index in [1.807, 2.05) is 0 Å². The number of allylic oxidation sites excluding steroid dienone is 1. The van der Waals surface area contributed by atoms with Crippen molar-refractivity contribution in [2.75, 3.05) is 6.61 Å². The number of ether oxygens (including phenoxy) is 1. The molecule has 1 N–H and O–H groups in total. The van der Waals surface area contributed by atoms with Crippen molar-refractivity contribution in [3.8, 4) is 5.75 Å². The number of esters is 1. The molecule has 6 nitrogen and oxygen atoms in total. The van der Waals surface area contributed by atoms with Crippen LogP contribution in [0.5, 0.6) is 5.75 Å². The molecule has 2 atom stereocenters. The van der Waals surface area contributed by atoms with Crippen LogP contribution in [0.3, 0.4) is 0 Å². The van der Waals surface area contributed by atoms with Crippen LogP contribution in [0.4, 0.5) is 0 Å². The van der Waals surface area contributed by atoms with E-state index in [1.165, 1.54) is 22.7 Å². The van der Waals surface area contributed by atoms with Gasteiger partial charge in [0.05, 0.1) is 23.1 Å². The van der Waals surface area contributed by atoms with Crippen LogP contribution in [0.25, 0.3) is 0 Å². The standard InChI is InChI=1S/C17H18N2O4S/c1-4-23-16(22)13-9(2)18-17-19(15(21)10(3)24-17)14(13)11-7-5-6-8-12(11)20/h5-8,10,14,20H,4H2,1-3H3. The van der Waals surface area contributed by atoms with Gasteiger partial charge >= 0.3 is 5.97 Å². The lowest BCUT2D eigenvalue weighted by molar-refractivity contribution is -0.139. The maximum absolute atomic E-state index is 12.6. The van der Waals surface area contributed by atoms with E-state index in [9.17, 15) is 14.7 Å². The van der Waals surface area contributed by atoms with Crippen LogP contribution in [-0.2, 0) is 14.3 Å². The fourth-order valence-corrected chi connectivity index (χ4v) is 3.91. The van der Waals surface area contributed by atoms with Crippen molar-refractivity contribution in [1.82, 2.24) is 4.90 Å². The van der Waals surface area contributed by atoms with E-state index < -0.39 is 12.0 Å². The number of benzene rings is 1. The highest BCUT2D eigenvalue weighted by atomic mass is 32.2. The van der Waals surface area contributed by atoms with Crippen LogP contribution in [0.1, 0.15) is 32.4 Å². The highest BCUT2D eigenvalue weighted by molar-refractivity contribution is 8.15. The summed E-state index contributed by atoms with van der Waals surface area (Å²) in [6.45, 7) is 5.46. The average molecular weight is 346 g/mol. The molecule has 0 aliphatic carbocycles. The van der Waals surface area contributed by atoms with Gasteiger partial charge in [-0.25, -0.2) is 9.79 Å². The number of fused-ring (bicyclic) bond motifs is 1. The van der Waals surface area contributed by atoms with E-state index in [2.05, 4.69) is 4.99 Å². The number of para-hydroxylation sites is 1. The molecule has 2 unspecified atom stereocenters. The van der Waals surface area contributed by atoms with Gasteiger partial charge in [0, 0.05) is 5.56 Å². The SMILES string of the molecule is CCOC(=O)C1=C(C)N=C2SC(C)C(=O)N2C1c1ccccc1O. The minimum atomic E-state index is -0.734. The third kappa shape index (κ3) is 2.58. The molecule has 2 heterocycles. The molecule has 24 heavy (non-hydrogen) atoms. The van der Waals surface area contributed by atoms with Gasteiger partial charge in [-0.2, -0.15) is 0 Å². The predicted octanol–water partition coefficient (Wildman–Crippen LogP) is 2.60. The van der Waals surface area contributed by atoms with Gasteiger partial charge in [0.1, 0.15) is 11.8 Å². The second-order valence-corrected chi connectivity index (χ2v) is 6.85. The number of phenols is 1. The fraction of sp³-hybridized carbons (Fsp3) is 0.353. The molecule has 0 bridgehead atoms. The predicted molar refractivity (Wildman–Crippen MR) is 91.5 cm³/mol. The van der Waals surface area contributed by atoms with Crippen LogP contribution in [-0.4, -0.2) is 38.9 Å². The molecule has 126 valence electrons. The van der Waals surface area contributed by atoms with Crippen molar-refractivity contribution in [1.29, 1.82) is 0 Å². The number of carbonyl (C=O) groups excluding carboxylic acids is 2. The second-order valence-electron chi connectivity index (χ2n) is 5.54. The van der Waals surface area contributed by atoms with Gasteiger partial charge in [0.15, 0.2) is 5.17 Å².